The molecule has 1 amide bonds. The Hall–Kier alpha value is -0.620. The number of hydrogen-bond donors (Lipinski definition) is 2. The third-order valence-electron chi connectivity index (χ3n) is 4.22. The third-order valence-corrected chi connectivity index (χ3v) is 6.06. The summed E-state index contributed by atoms with van der Waals surface area (Å²) in [4.78, 5) is 11.8. The summed E-state index contributed by atoms with van der Waals surface area (Å²) in [5.74, 6) is 1.75. The van der Waals surface area contributed by atoms with E-state index in [1.165, 1.54) is 0 Å². The summed E-state index contributed by atoms with van der Waals surface area (Å²) < 4.78 is 22.6. The summed E-state index contributed by atoms with van der Waals surface area (Å²) >= 11 is 0. The molecule has 0 radical (unpaired) electrons. The molecule has 2 aliphatic heterocycles. The van der Waals surface area contributed by atoms with Crippen LogP contribution in [0.3, 0.4) is 0 Å². The number of carbonyl (C=O) groups is 1. The zero-order chi connectivity index (χ0) is 12.0. The van der Waals surface area contributed by atoms with Crippen molar-refractivity contribution in [3.63, 3.8) is 0 Å². The molecule has 2 saturated heterocycles. The number of hydrogen-bond acceptors (Lipinski definition) is 4. The van der Waals surface area contributed by atoms with Crippen LogP contribution < -0.4 is 10.6 Å². The average Bonchev–Trinajstić information content (AvgIpc) is 2.66. The molecule has 0 aromatic carbocycles. The van der Waals surface area contributed by atoms with Crippen molar-refractivity contribution in [1.82, 2.24) is 10.6 Å². The van der Waals surface area contributed by atoms with Gasteiger partial charge in [0, 0.05) is 25.6 Å². The number of amides is 1. The standard InChI is InChI=1S/C11H18N2O3S/c14-10(3-7-1-2-17(15,16)6-7)13-11-8-4-12-5-9(8)11/h7-9,11-12H,1-6H2,(H,13,14). The quantitative estimate of drug-likeness (QED) is 0.691. The smallest absolute Gasteiger partial charge is 0.220 e. The lowest BCUT2D eigenvalue weighted by atomic mass is 10.1. The summed E-state index contributed by atoms with van der Waals surface area (Å²) in [5, 5.41) is 6.31. The fourth-order valence-electron chi connectivity index (χ4n) is 3.17. The Kier molecular flexibility index (Phi) is 2.66. The maximum atomic E-state index is 11.8. The van der Waals surface area contributed by atoms with Gasteiger partial charge in [0.2, 0.25) is 5.91 Å². The van der Waals surface area contributed by atoms with E-state index in [0.29, 0.717) is 30.7 Å². The predicted octanol–water partition coefficient (Wildman–Crippen LogP) is -0.855. The molecule has 2 heterocycles. The number of fused-ring (bicyclic) bond motifs is 1. The molecule has 0 aromatic heterocycles. The van der Waals surface area contributed by atoms with Crippen molar-refractivity contribution < 1.29 is 13.2 Å². The fourth-order valence-corrected chi connectivity index (χ4v) is 5.03. The van der Waals surface area contributed by atoms with Crippen molar-refractivity contribution in [3.8, 4) is 0 Å². The molecule has 0 spiro atoms. The number of nitrogens with one attached hydrogen (secondary N) is 2. The van der Waals surface area contributed by atoms with E-state index in [1.807, 2.05) is 0 Å². The first-order valence-electron chi connectivity index (χ1n) is 6.26. The van der Waals surface area contributed by atoms with Crippen LogP contribution in [0.4, 0.5) is 0 Å². The van der Waals surface area contributed by atoms with E-state index in [4.69, 9.17) is 0 Å². The fraction of sp³-hybridized carbons (Fsp3) is 0.909. The molecule has 3 aliphatic rings. The Bertz CT molecular complexity index is 424. The van der Waals surface area contributed by atoms with Gasteiger partial charge in [-0.15, -0.1) is 0 Å². The Balaban J connectivity index is 1.45. The van der Waals surface area contributed by atoms with E-state index < -0.39 is 9.84 Å². The van der Waals surface area contributed by atoms with E-state index in [0.717, 1.165) is 13.1 Å². The van der Waals surface area contributed by atoms with E-state index in [-0.39, 0.29) is 23.3 Å². The largest absolute Gasteiger partial charge is 0.353 e. The van der Waals surface area contributed by atoms with Crippen LogP contribution in [0.1, 0.15) is 12.8 Å². The van der Waals surface area contributed by atoms with Gasteiger partial charge in [0.1, 0.15) is 0 Å². The van der Waals surface area contributed by atoms with Gasteiger partial charge in [0.15, 0.2) is 9.84 Å². The molecule has 1 saturated carbocycles. The normalized spacial score (nSPS) is 42.1. The third kappa shape index (κ3) is 2.33. The van der Waals surface area contributed by atoms with E-state index in [1.54, 1.807) is 0 Å². The van der Waals surface area contributed by atoms with Crippen LogP contribution in [-0.2, 0) is 14.6 Å². The van der Waals surface area contributed by atoms with Crippen LogP contribution in [0.25, 0.3) is 0 Å². The molecule has 0 bridgehead atoms. The van der Waals surface area contributed by atoms with Gasteiger partial charge in [-0.2, -0.15) is 0 Å². The SMILES string of the molecule is O=C(CC1CCS(=O)(=O)C1)NC1C2CNCC21. The van der Waals surface area contributed by atoms with Crippen LogP contribution in [0.5, 0.6) is 0 Å². The van der Waals surface area contributed by atoms with Crippen molar-refractivity contribution in [2.75, 3.05) is 24.6 Å². The van der Waals surface area contributed by atoms with Gasteiger partial charge in [0.25, 0.3) is 0 Å². The summed E-state index contributed by atoms with van der Waals surface area (Å²) in [6, 6.07) is 0.349. The highest BCUT2D eigenvalue weighted by molar-refractivity contribution is 7.91. The van der Waals surface area contributed by atoms with E-state index in [2.05, 4.69) is 10.6 Å². The highest BCUT2D eigenvalue weighted by Crippen LogP contribution is 2.41. The average molecular weight is 258 g/mol. The number of carbonyl (C=O) groups excluding carboxylic acids is 1. The Morgan fingerprint density at radius 1 is 1.29 bits per heavy atom. The molecule has 6 heteroatoms. The van der Waals surface area contributed by atoms with Gasteiger partial charge < -0.3 is 10.6 Å². The van der Waals surface area contributed by atoms with E-state index in [9.17, 15) is 13.2 Å². The molecular formula is C11H18N2O3S. The van der Waals surface area contributed by atoms with Gasteiger partial charge in [-0.05, 0) is 24.2 Å². The molecule has 0 aromatic rings. The molecule has 1 aliphatic carbocycles. The van der Waals surface area contributed by atoms with E-state index >= 15 is 0 Å². The van der Waals surface area contributed by atoms with Crippen LogP contribution in [0.2, 0.25) is 0 Å². The lowest BCUT2D eigenvalue weighted by Crippen LogP contribution is -2.33. The first-order valence-corrected chi connectivity index (χ1v) is 8.08. The van der Waals surface area contributed by atoms with Gasteiger partial charge in [-0.3, -0.25) is 4.79 Å². The molecule has 3 fully saturated rings. The molecule has 96 valence electrons. The number of piperidine rings is 1. The highest BCUT2D eigenvalue weighted by Gasteiger charge is 2.53. The summed E-state index contributed by atoms with van der Waals surface area (Å²) in [6.45, 7) is 2.01. The van der Waals surface area contributed by atoms with Crippen molar-refractivity contribution in [1.29, 1.82) is 0 Å². The molecule has 3 atom stereocenters. The van der Waals surface area contributed by atoms with Crippen molar-refractivity contribution >= 4 is 15.7 Å². The van der Waals surface area contributed by atoms with Gasteiger partial charge in [-0.25, -0.2) is 8.42 Å². The predicted molar refractivity (Wildman–Crippen MR) is 63.2 cm³/mol. The van der Waals surface area contributed by atoms with Crippen molar-refractivity contribution in [2.45, 2.75) is 18.9 Å². The molecule has 5 nitrogen and oxygen atoms in total. The zero-order valence-electron chi connectivity index (χ0n) is 9.69. The molecule has 17 heavy (non-hydrogen) atoms. The summed E-state index contributed by atoms with van der Waals surface area (Å²) in [7, 11) is -2.86. The highest BCUT2D eigenvalue weighted by atomic mass is 32.2. The van der Waals surface area contributed by atoms with Crippen LogP contribution in [-0.4, -0.2) is 45.0 Å². The zero-order valence-corrected chi connectivity index (χ0v) is 10.5. The van der Waals surface area contributed by atoms with Crippen LogP contribution in [0.15, 0.2) is 0 Å². The Labute approximate surface area is 101 Å². The minimum atomic E-state index is -2.86. The minimum Gasteiger partial charge on any atom is -0.353 e. The Morgan fingerprint density at radius 2 is 2.00 bits per heavy atom. The first-order chi connectivity index (χ1) is 8.05. The second-order valence-electron chi connectivity index (χ2n) is 5.55. The second-order valence-corrected chi connectivity index (χ2v) is 7.78. The maximum absolute atomic E-state index is 11.8. The molecular weight excluding hydrogens is 240 g/mol. The summed E-state index contributed by atoms with van der Waals surface area (Å²) in [6.07, 6.45) is 1.03. The van der Waals surface area contributed by atoms with Crippen LogP contribution >= 0.6 is 0 Å². The van der Waals surface area contributed by atoms with Gasteiger partial charge >= 0.3 is 0 Å². The minimum absolute atomic E-state index is 0.0338. The lowest BCUT2D eigenvalue weighted by Gasteiger charge is -2.10. The number of sulfone groups is 1. The van der Waals surface area contributed by atoms with Crippen LogP contribution in [0, 0.1) is 17.8 Å². The maximum Gasteiger partial charge on any atom is 0.220 e. The molecule has 2 N–H and O–H groups in total. The van der Waals surface area contributed by atoms with Crippen molar-refractivity contribution in [2.24, 2.45) is 17.8 Å². The first kappa shape index (κ1) is 11.5. The topological polar surface area (TPSA) is 75.3 Å². The monoisotopic (exact) mass is 258 g/mol. The number of rotatable bonds is 3. The molecule has 3 rings (SSSR count). The lowest BCUT2D eigenvalue weighted by molar-refractivity contribution is -0.122. The van der Waals surface area contributed by atoms with Crippen molar-refractivity contribution in [3.05, 3.63) is 0 Å². The van der Waals surface area contributed by atoms with Gasteiger partial charge in [-0.1, -0.05) is 0 Å². The molecule has 3 unspecified atom stereocenters. The summed E-state index contributed by atoms with van der Waals surface area (Å²) in [5.41, 5.74) is 0. The second kappa shape index (κ2) is 3.95. The Morgan fingerprint density at radius 3 is 2.59 bits per heavy atom. The van der Waals surface area contributed by atoms with Gasteiger partial charge in [0.05, 0.1) is 11.5 Å².